The zero-order chi connectivity index (χ0) is 8.81. The molecule has 1 aromatic rings. The van der Waals surface area contributed by atoms with E-state index >= 15 is 0 Å². The van der Waals surface area contributed by atoms with Gasteiger partial charge < -0.3 is 0 Å². The highest BCUT2D eigenvalue weighted by Crippen LogP contribution is 2.03. The van der Waals surface area contributed by atoms with Crippen molar-refractivity contribution in [3.63, 3.8) is 0 Å². The summed E-state index contributed by atoms with van der Waals surface area (Å²) in [6, 6.07) is 9.91. The zero-order valence-corrected chi connectivity index (χ0v) is 6.75. The molecule has 0 aliphatic heterocycles. The smallest absolute Gasteiger partial charge is 0.0669 e. The molecule has 1 rings (SSSR count). The summed E-state index contributed by atoms with van der Waals surface area (Å²) in [5.74, 6) is 5.15. The van der Waals surface area contributed by atoms with E-state index in [2.05, 4.69) is 11.5 Å². The average molecular weight is 161 g/mol. The van der Waals surface area contributed by atoms with Crippen LogP contribution >= 0.6 is 0 Å². The summed E-state index contributed by atoms with van der Waals surface area (Å²) >= 11 is 0. The summed E-state index contributed by atoms with van der Waals surface area (Å²) in [7, 11) is 0. The molecule has 0 aromatic heterocycles. The minimum atomic E-state index is 0.469. The number of nitriles is 1. The van der Waals surface area contributed by atoms with Crippen LogP contribution in [0, 0.1) is 11.3 Å². The fourth-order valence-electron chi connectivity index (χ4n) is 0.984. The summed E-state index contributed by atoms with van der Waals surface area (Å²) in [4.78, 5) is 0. The van der Waals surface area contributed by atoms with E-state index in [0.717, 1.165) is 11.1 Å². The lowest BCUT2D eigenvalue weighted by Gasteiger charge is -1.99. The average Bonchev–Trinajstić information content (AvgIpc) is 2.09. The van der Waals surface area contributed by atoms with Crippen LogP contribution < -0.4 is 11.3 Å². The first-order valence-corrected chi connectivity index (χ1v) is 3.75. The SMILES string of the molecule is N#CCc1ccc(CNN)cc1. The van der Waals surface area contributed by atoms with Gasteiger partial charge >= 0.3 is 0 Å². The van der Waals surface area contributed by atoms with Gasteiger partial charge in [0.1, 0.15) is 0 Å². The van der Waals surface area contributed by atoms with Crippen LogP contribution in [0.1, 0.15) is 11.1 Å². The van der Waals surface area contributed by atoms with Crippen LogP contribution in [0.25, 0.3) is 0 Å². The molecular weight excluding hydrogens is 150 g/mol. The Labute approximate surface area is 71.8 Å². The maximum absolute atomic E-state index is 8.41. The fraction of sp³-hybridized carbons (Fsp3) is 0.222. The number of rotatable bonds is 3. The predicted molar refractivity (Wildman–Crippen MR) is 46.8 cm³/mol. The van der Waals surface area contributed by atoms with Gasteiger partial charge in [-0.2, -0.15) is 5.26 Å². The summed E-state index contributed by atoms with van der Waals surface area (Å²) in [5.41, 5.74) is 4.73. The minimum absolute atomic E-state index is 0.469. The van der Waals surface area contributed by atoms with Gasteiger partial charge in [-0.15, -0.1) is 0 Å². The predicted octanol–water partition coefficient (Wildman–Crippen LogP) is 0.716. The van der Waals surface area contributed by atoms with E-state index in [0.29, 0.717) is 13.0 Å². The molecule has 0 heterocycles. The molecule has 0 aliphatic rings. The molecule has 0 atom stereocenters. The second-order valence-electron chi connectivity index (χ2n) is 2.53. The van der Waals surface area contributed by atoms with Crippen molar-refractivity contribution < 1.29 is 0 Å². The third kappa shape index (κ3) is 2.35. The third-order valence-corrected chi connectivity index (χ3v) is 1.61. The maximum atomic E-state index is 8.41. The van der Waals surface area contributed by atoms with Crippen LogP contribution in [0.2, 0.25) is 0 Å². The van der Waals surface area contributed by atoms with Crippen molar-refractivity contribution in [2.24, 2.45) is 5.84 Å². The van der Waals surface area contributed by atoms with Crippen LogP contribution in [-0.2, 0) is 13.0 Å². The Hall–Kier alpha value is -1.37. The molecule has 0 bridgehead atoms. The number of hydrogen-bond donors (Lipinski definition) is 2. The van der Waals surface area contributed by atoms with Gasteiger partial charge in [0.05, 0.1) is 12.5 Å². The van der Waals surface area contributed by atoms with E-state index in [1.165, 1.54) is 0 Å². The molecule has 12 heavy (non-hydrogen) atoms. The Morgan fingerprint density at radius 3 is 2.33 bits per heavy atom. The highest BCUT2D eigenvalue weighted by Gasteiger charge is 1.92. The van der Waals surface area contributed by atoms with Crippen molar-refractivity contribution in [1.29, 1.82) is 5.26 Å². The third-order valence-electron chi connectivity index (χ3n) is 1.61. The fourth-order valence-corrected chi connectivity index (χ4v) is 0.984. The van der Waals surface area contributed by atoms with Gasteiger partial charge in [-0.3, -0.25) is 11.3 Å². The van der Waals surface area contributed by atoms with Crippen LogP contribution in [0.15, 0.2) is 24.3 Å². The molecule has 0 saturated carbocycles. The minimum Gasteiger partial charge on any atom is -0.271 e. The number of nitrogens with one attached hydrogen (secondary N) is 1. The molecule has 62 valence electrons. The first-order chi connectivity index (χ1) is 5.86. The highest BCUT2D eigenvalue weighted by atomic mass is 15.2. The summed E-state index contributed by atoms with van der Waals surface area (Å²) in [5, 5.41) is 8.41. The van der Waals surface area contributed by atoms with Crippen molar-refractivity contribution in [2.75, 3.05) is 0 Å². The molecule has 0 unspecified atom stereocenters. The quantitative estimate of drug-likeness (QED) is 0.507. The van der Waals surface area contributed by atoms with Gasteiger partial charge in [-0.25, -0.2) is 0 Å². The van der Waals surface area contributed by atoms with Gasteiger partial charge in [-0.05, 0) is 11.1 Å². The summed E-state index contributed by atoms with van der Waals surface area (Å²) in [6.45, 7) is 0.660. The normalized spacial score (nSPS) is 9.33. The molecular formula is C9H11N3. The van der Waals surface area contributed by atoms with E-state index in [4.69, 9.17) is 11.1 Å². The first-order valence-electron chi connectivity index (χ1n) is 3.75. The van der Waals surface area contributed by atoms with E-state index in [9.17, 15) is 0 Å². The Morgan fingerprint density at radius 2 is 1.83 bits per heavy atom. The standard InChI is InChI=1S/C9H11N3/c10-6-5-8-1-3-9(4-2-8)7-12-11/h1-4,12H,5,7,11H2. The van der Waals surface area contributed by atoms with Crippen LogP contribution in [0.3, 0.4) is 0 Å². The van der Waals surface area contributed by atoms with Crippen LogP contribution in [0.4, 0.5) is 0 Å². The number of hydrogen-bond acceptors (Lipinski definition) is 3. The molecule has 0 amide bonds. The molecule has 3 heteroatoms. The second kappa shape index (κ2) is 4.50. The molecule has 0 saturated heterocycles. The summed E-state index contributed by atoms with van der Waals surface area (Å²) in [6.07, 6.45) is 0.469. The van der Waals surface area contributed by atoms with Crippen molar-refractivity contribution >= 4 is 0 Å². The van der Waals surface area contributed by atoms with Crippen LogP contribution in [0.5, 0.6) is 0 Å². The largest absolute Gasteiger partial charge is 0.271 e. The van der Waals surface area contributed by atoms with Crippen molar-refractivity contribution in [3.8, 4) is 6.07 Å². The lowest BCUT2D eigenvalue weighted by molar-refractivity contribution is 0.741. The van der Waals surface area contributed by atoms with E-state index in [1.807, 2.05) is 24.3 Å². The molecule has 3 nitrogen and oxygen atoms in total. The van der Waals surface area contributed by atoms with E-state index in [1.54, 1.807) is 0 Å². The molecule has 0 fully saturated rings. The molecule has 0 aliphatic carbocycles. The van der Waals surface area contributed by atoms with Crippen molar-refractivity contribution in [1.82, 2.24) is 5.43 Å². The van der Waals surface area contributed by atoms with Gasteiger partial charge in [0.2, 0.25) is 0 Å². The van der Waals surface area contributed by atoms with Gasteiger partial charge in [0.25, 0.3) is 0 Å². The van der Waals surface area contributed by atoms with E-state index < -0.39 is 0 Å². The molecule has 3 N–H and O–H groups in total. The lowest BCUT2D eigenvalue weighted by Crippen LogP contribution is -2.20. The topological polar surface area (TPSA) is 61.8 Å². The van der Waals surface area contributed by atoms with E-state index in [-0.39, 0.29) is 0 Å². The lowest BCUT2D eigenvalue weighted by atomic mass is 10.1. The Bertz CT molecular complexity index is 271. The summed E-state index contributed by atoms with van der Waals surface area (Å²) < 4.78 is 0. The monoisotopic (exact) mass is 161 g/mol. The molecule has 0 spiro atoms. The van der Waals surface area contributed by atoms with Crippen molar-refractivity contribution in [3.05, 3.63) is 35.4 Å². The number of nitrogens with two attached hydrogens (primary N) is 1. The first kappa shape index (κ1) is 8.72. The number of benzene rings is 1. The van der Waals surface area contributed by atoms with Crippen molar-refractivity contribution in [2.45, 2.75) is 13.0 Å². The van der Waals surface area contributed by atoms with Gasteiger partial charge in [0, 0.05) is 6.54 Å². The van der Waals surface area contributed by atoms with Gasteiger partial charge in [0.15, 0.2) is 0 Å². The Kier molecular flexibility index (Phi) is 3.27. The highest BCUT2D eigenvalue weighted by molar-refractivity contribution is 5.24. The molecule has 1 aromatic carbocycles. The Morgan fingerprint density at radius 1 is 1.25 bits per heavy atom. The number of hydrazine groups is 1. The van der Waals surface area contributed by atoms with Gasteiger partial charge in [-0.1, -0.05) is 24.3 Å². The number of nitrogens with zero attached hydrogens (tertiary/aromatic N) is 1. The maximum Gasteiger partial charge on any atom is 0.0669 e. The zero-order valence-electron chi connectivity index (χ0n) is 6.75. The van der Waals surface area contributed by atoms with Crippen LogP contribution in [-0.4, -0.2) is 0 Å². The molecule has 0 radical (unpaired) electrons. The second-order valence-corrected chi connectivity index (χ2v) is 2.53. The Balaban J connectivity index is 2.66.